The number of likely N-dealkylation sites (tertiary alicyclic amines) is 1. The minimum Gasteiger partial charge on any atom is -0.378 e. The van der Waals surface area contributed by atoms with E-state index in [2.05, 4.69) is 27.8 Å². The van der Waals surface area contributed by atoms with Gasteiger partial charge in [-0.3, -0.25) is 9.88 Å². The maximum atomic E-state index is 9.93. The number of pyridine rings is 1. The number of piperidine rings is 1. The molecular weight excluding hydrogens is 284 g/mol. The molecule has 0 aromatic carbocycles. The number of rotatable bonds is 3. The molecular formula is C17H25ClN2O. The monoisotopic (exact) mass is 308 g/mol. The average Bonchev–Trinajstić information content (AvgIpc) is 2.48. The van der Waals surface area contributed by atoms with Gasteiger partial charge in [0.15, 0.2) is 0 Å². The topological polar surface area (TPSA) is 36.4 Å². The molecule has 0 bridgehead atoms. The van der Waals surface area contributed by atoms with Crippen molar-refractivity contribution < 1.29 is 5.11 Å². The van der Waals surface area contributed by atoms with Crippen LogP contribution in [0.5, 0.6) is 0 Å². The predicted octanol–water partition coefficient (Wildman–Crippen LogP) is 3.19. The molecule has 0 radical (unpaired) electrons. The first kappa shape index (κ1) is 18.0. The summed E-state index contributed by atoms with van der Waals surface area (Å²) in [5, 5.41) is 9.93. The third-order valence-corrected chi connectivity index (χ3v) is 4.01. The second kappa shape index (κ2) is 8.38. The first-order chi connectivity index (χ1) is 9.62. The fourth-order valence-electron chi connectivity index (χ4n) is 2.55. The molecule has 2 rings (SSSR count). The molecule has 1 aliphatic heterocycles. The van der Waals surface area contributed by atoms with E-state index < -0.39 is 5.60 Å². The third-order valence-electron chi connectivity index (χ3n) is 4.01. The van der Waals surface area contributed by atoms with Gasteiger partial charge in [0.05, 0.1) is 6.54 Å². The van der Waals surface area contributed by atoms with Crippen molar-refractivity contribution in [2.24, 2.45) is 0 Å². The van der Waals surface area contributed by atoms with E-state index in [1.807, 2.05) is 25.4 Å². The molecule has 2 unspecified atom stereocenters. The molecule has 1 aromatic rings. The lowest BCUT2D eigenvalue weighted by molar-refractivity contribution is 0.117. The van der Waals surface area contributed by atoms with Crippen LogP contribution < -0.4 is 0 Å². The third kappa shape index (κ3) is 5.32. The van der Waals surface area contributed by atoms with Crippen molar-refractivity contribution in [1.82, 2.24) is 9.88 Å². The largest absolute Gasteiger partial charge is 0.378 e. The molecule has 21 heavy (non-hydrogen) atoms. The van der Waals surface area contributed by atoms with Gasteiger partial charge in [-0.1, -0.05) is 31.3 Å². The zero-order valence-electron chi connectivity index (χ0n) is 12.9. The quantitative estimate of drug-likeness (QED) is 0.871. The number of hydrogen-bond donors (Lipinski definition) is 1. The molecule has 2 heterocycles. The number of aliphatic hydroxyl groups is 1. The van der Waals surface area contributed by atoms with Crippen molar-refractivity contribution in [1.29, 1.82) is 0 Å². The molecule has 1 N–H and O–H groups in total. The van der Waals surface area contributed by atoms with Crippen molar-refractivity contribution >= 4 is 12.4 Å². The van der Waals surface area contributed by atoms with E-state index in [-0.39, 0.29) is 12.4 Å². The molecule has 116 valence electrons. The number of aromatic nitrogens is 1. The van der Waals surface area contributed by atoms with E-state index in [0.29, 0.717) is 12.5 Å². The summed E-state index contributed by atoms with van der Waals surface area (Å²) in [5.74, 6) is 6.13. The lowest BCUT2D eigenvalue weighted by Crippen LogP contribution is -2.34. The zero-order chi connectivity index (χ0) is 14.4. The maximum absolute atomic E-state index is 9.93. The van der Waals surface area contributed by atoms with Crippen LogP contribution >= 0.6 is 12.4 Å². The standard InChI is InChI=1S/C17H24N2O.ClH/c1-3-17(2,20)10-7-13-19-12-5-4-9-16(19)15-8-6-11-18-14-15;/h6,8,11,14,16,20H,3-5,9,12-13H2,1-2H3;1H. The molecule has 3 nitrogen and oxygen atoms in total. The summed E-state index contributed by atoms with van der Waals surface area (Å²) in [6.07, 6.45) is 8.08. The summed E-state index contributed by atoms with van der Waals surface area (Å²) in [5.41, 5.74) is 0.413. The average molecular weight is 309 g/mol. The Morgan fingerprint density at radius 3 is 2.95 bits per heavy atom. The van der Waals surface area contributed by atoms with Gasteiger partial charge in [-0.2, -0.15) is 0 Å². The van der Waals surface area contributed by atoms with Crippen molar-refractivity contribution in [2.45, 2.75) is 51.2 Å². The normalized spacial score (nSPS) is 21.6. The van der Waals surface area contributed by atoms with Crippen LogP contribution in [0.2, 0.25) is 0 Å². The van der Waals surface area contributed by atoms with Crippen LogP contribution in [0.4, 0.5) is 0 Å². The molecule has 1 aromatic heterocycles. The smallest absolute Gasteiger partial charge is 0.122 e. The lowest BCUT2D eigenvalue weighted by atomic mass is 9.96. The highest BCUT2D eigenvalue weighted by atomic mass is 35.5. The number of halogens is 1. The molecule has 1 fully saturated rings. The van der Waals surface area contributed by atoms with Gasteiger partial charge in [0.2, 0.25) is 0 Å². The Labute approximate surface area is 134 Å². The Bertz CT molecular complexity index is 479. The predicted molar refractivity (Wildman–Crippen MR) is 88.3 cm³/mol. The van der Waals surface area contributed by atoms with Crippen LogP contribution in [0.25, 0.3) is 0 Å². The zero-order valence-corrected chi connectivity index (χ0v) is 13.7. The van der Waals surface area contributed by atoms with Gasteiger partial charge in [-0.05, 0) is 44.4 Å². The Morgan fingerprint density at radius 2 is 2.29 bits per heavy atom. The summed E-state index contributed by atoms with van der Waals surface area (Å²) in [6, 6.07) is 4.56. The van der Waals surface area contributed by atoms with Crippen LogP contribution in [-0.4, -0.2) is 33.7 Å². The SMILES string of the molecule is CCC(C)(O)C#CCN1CCCCC1c1cccnc1.Cl. The van der Waals surface area contributed by atoms with E-state index in [1.165, 1.54) is 18.4 Å². The van der Waals surface area contributed by atoms with Crippen molar-refractivity contribution in [3.05, 3.63) is 30.1 Å². The molecule has 1 aliphatic rings. The van der Waals surface area contributed by atoms with E-state index in [4.69, 9.17) is 0 Å². The van der Waals surface area contributed by atoms with Gasteiger partial charge in [0.25, 0.3) is 0 Å². The fourth-order valence-corrected chi connectivity index (χ4v) is 2.55. The van der Waals surface area contributed by atoms with E-state index in [9.17, 15) is 5.11 Å². The van der Waals surface area contributed by atoms with Gasteiger partial charge in [-0.15, -0.1) is 12.4 Å². The fraction of sp³-hybridized carbons (Fsp3) is 0.588. The Morgan fingerprint density at radius 1 is 1.48 bits per heavy atom. The number of hydrogen-bond acceptors (Lipinski definition) is 3. The van der Waals surface area contributed by atoms with Crippen molar-refractivity contribution in [2.75, 3.05) is 13.1 Å². The van der Waals surface area contributed by atoms with Crippen LogP contribution in [0.1, 0.15) is 51.1 Å². The molecule has 0 amide bonds. The minimum atomic E-state index is -0.862. The van der Waals surface area contributed by atoms with E-state index in [1.54, 1.807) is 6.92 Å². The molecule has 0 aliphatic carbocycles. The molecule has 0 spiro atoms. The maximum Gasteiger partial charge on any atom is 0.122 e. The van der Waals surface area contributed by atoms with Gasteiger partial charge >= 0.3 is 0 Å². The van der Waals surface area contributed by atoms with Gasteiger partial charge < -0.3 is 5.11 Å². The van der Waals surface area contributed by atoms with E-state index in [0.717, 1.165) is 19.5 Å². The van der Waals surface area contributed by atoms with Gasteiger partial charge in [-0.25, -0.2) is 0 Å². The van der Waals surface area contributed by atoms with Crippen molar-refractivity contribution in [3.8, 4) is 11.8 Å². The Kier molecular flexibility index (Phi) is 7.17. The summed E-state index contributed by atoms with van der Waals surface area (Å²) < 4.78 is 0. The van der Waals surface area contributed by atoms with Crippen LogP contribution in [0, 0.1) is 11.8 Å². The molecule has 0 saturated carbocycles. The highest BCUT2D eigenvalue weighted by Crippen LogP contribution is 2.29. The van der Waals surface area contributed by atoms with Crippen LogP contribution in [0.3, 0.4) is 0 Å². The second-order valence-electron chi connectivity index (χ2n) is 5.70. The Hall–Kier alpha value is -1.08. The Balaban J connectivity index is 0.00000220. The highest BCUT2D eigenvalue weighted by molar-refractivity contribution is 5.85. The number of nitrogens with zero attached hydrogens (tertiary/aromatic N) is 2. The summed E-state index contributed by atoms with van der Waals surface area (Å²) >= 11 is 0. The first-order valence-corrected chi connectivity index (χ1v) is 7.49. The highest BCUT2D eigenvalue weighted by Gasteiger charge is 2.23. The summed E-state index contributed by atoms with van der Waals surface area (Å²) in [6.45, 7) is 5.51. The second-order valence-corrected chi connectivity index (χ2v) is 5.70. The van der Waals surface area contributed by atoms with Gasteiger partial charge in [0.1, 0.15) is 5.60 Å². The van der Waals surface area contributed by atoms with Gasteiger partial charge in [0, 0.05) is 18.4 Å². The van der Waals surface area contributed by atoms with Crippen molar-refractivity contribution in [3.63, 3.8) is 0 Å². The van der Waals surface area contributed by atoms with Crippen LogP contribution in [0.15, 0.2) is 24.5 Å². The van der Waals surface area contributed by atoms with Crippen LogP contribution in [-0.2, 0) is 0 Å². The summed E-state index contributed by atoms with van der Waals surface area (Å²) in [4.78, 5) is 6.63. The molecule has 2 atom stereocenters. The molecule has 1 saturated heterocycles. The molecule has 4 heteroatoms. The lowest BCUT2D eigenvalue weighted by Gasteiger charge is -2.34. The minimum absolute atomic E-state index is 0. The first-order valence-electron chi connectivity index (χ1n) is 7.49. The summed E-state index contributed by atoms with van der Waals surface area (Å²) in [7, 11) is 0. The van der Waals surface area contributed by atoms with E-state index >= 15 is 0 Å².